The van der Waals surface area contributed by atoms with Crippen LogP contribution in [0.2, 0.25) is 0 Å². The monoisotopic (exact) mass is 261 g/mol. The number of rotatable bonds is 4. The van der Waals surface area contributed by atoms with Crippen molar-refractivity contribution in [1.29, 1.82) is 0 Å². The maximum Gasteiger partial charge on any atom is 0.180 e. The Morgan fingerprint density at radius 2 is 1.89 bits per heavy atom. The number of hydrogen-bond acceptors (Lipinski definition) is 3. The first-order valence-electron chi connectivity index (χ1n) is 7.05. The van der Waals surface area contributed by atoms with E-state index in [0.29, 0.717) is 29.9 Å². The lowest BCUT2D eigenvalue weighted by atomic mass is 9.96. The number of carbonyl (C=O) groups is 1. The number of carbonyl (C=O) groups excluding carboxylic acids is 1. The van der Waals surface area contributed by atoms with E-state index < -0.39 is 0 Å². The highest BCUT2D eigenvalue weighted by atomic mass is 16.5. The lowest BCUT2D eigenvalue weighted by Crippen LogP contribution is -2.46. The Morgan fingerprint density at radius 3 is 2.53 bits per heavy atom. The molecule has 0 N–H and O–H groups in total. The van der Waals surface area contributed by atoms with E-state index in [9.17, 15) is 4.79 Å². The van der Waals surface area contributed by atoms with Crippen LogP contribution in [0.3, 0.4) is 0 Å². The quantitative estimate of drug-likeness (QED) is 0.780. The third-order valence-electron chi connectivity index (χ3n) is 4.11. The first-order chi connectivity index (χ1) is 9.13. The number of piperidine rings is 1. The largest absolute Gasteiger partial charge is 0.496 e. The fourth-order valence-corrected chi connectivity index (χ4v) is 2.91. The highest BCUT2D eigenvalue weighted by molar-refractivity contribution is 6.00. The van der Waals surface area contributed by atoms with Gasteiger partial charge in [-0.15, -0.1) is 0 Å². The molecule has 1 aliphatic rings. The number of likely N-dealkylation sites (tertiary alicyclic amines) is 1. The van der Waals surface area contributed by atoms with Crippen molar-refractivity contribution in [2.75, 3.05) is 13.7 Å². The van der Waals surface area contributed by atoms with E-state index in [0.717, 1.165) is 0 Å². The molecule has 1 aromatic rings. The minimum Gasteiger partial charge on any atom is -0.496 e. The molecule has 0 bridgehead atoms. The van der Waals surface area contributed by atoms with Gasteiger partial charge in [-0.2, -0.15) is 0 Å². The van der Waals surface area contributed by atoms with Crippen LogP contribution < -0.4 is 4.74 Å². The van der Waals surface area contributed by atoms with Gasteiger partial charge in [-0.25, -0.2) is 0 Å². The average molecular weight is 261 g/mol. The molecule has 1 heterocycles. The molecule has 0 aromatic heterocycles. The van der Waals surface area contributed by atoms with Crippen molar-refractivity contribution in [3.05, 3.63) is 29.8 Å². The lowest BCUT2D eigenvalue weighted by molar-refractivity contribution is 0.0732. The zero-order valence-corrected chi connectivity index (χ0v) is 12.1. The Labute approximate surface area is 115 Å². The molecule has 0 aliphatic carbocycles. The molecule has 2 atom stereocenters. The molecular weight excluding hydrogens is 238 g/mol. The predicted molar refractivity (Wildman–Crippen MR) is 76.8 cm³/mol. The van der Waals surface area contributed by atoms with E-state index in [-0.39, 0.29) is 5.78 Å². The Hall–Kier alpha value is -1.35. The van der Waals surface area contributed by atoms with Crippen LogP contribution >= 0.6 is 0 Å². The van der Waals surface area contributed by atoms with Gasteiger partial charge in [0.2, 0.25) is 0 Å². The Kier molecular flexibility index (Phi) is 4.59. The molecule has 0 unspecified atom stereocenters. The zero-order valence-electron chi connectivity index (χ0n) is 12.1. The molecule has 1 aromatic carbocycles. The average Bonchev–Trinajstić information content (AvgIpc) is 2.42. The van der Waals surface area contributed by atoms with Gasteiger partial charge in [-0.3, -0.25) is 9.69 Å². The number of Topliss-reactive ketones (excluding diaryl/α,β-unsaturated/α-hetero) is 1. The summed E-state index contributed by atoms with van der Waals surface area (Å²) in [5.41, 5.74) is 0.690. The predicted octanol–water partition coefficient (Wildman–Crippen LogP) is 3.14. The van der Waals surface area contributed by atoms with E-state index in [4.69, 9.17) is 4.74 Å². The summed E-state index contributed by atoms with van der Waals surface area (Å²) in [7, 11) is 1.61. The lowest BCUT2D eigenvalue weighted by Gasteiger charge is -2.38. The van der Waals surface area contributed by atoms with Gasteiger partial charge in [-0.05, 0) is 38.8 Å². The van der Waals surface area contributed by atoms with Gasteiger partial charge in [0.15, 0.2) is 5.78 Å². The van der Waals surface area contributed by atoms with Crippen LogP contribution in [-0.2, 0) is 0 Å². The maximum absolute atomic E-state index is 12.5. The summed E-state index contributed by atoms with van der Waals surface area (Å²) >= 11 is 0. The van der Waals surface area contributed by atoms with Crippen molar-refractivity contribution in [3.63, 3.8) is 0 Å². The van der Waals surface area contributed by atoms with Crippen molar-refractivity contribution in [3.8, 4) is 5.75 Å². The standard InChI is InChI=1S/C16H23NO2/c1-12-7-6-8-13(2)17(12)11-15(18)14-9-4-5-10-16(14)19-3/h4-5,9-10,12-13H,6-8,11H2,1-3H3/t12-,13+. The van der Waals surface area contributed by atoms with Crippen molar-refractivity contribution < 1.29 is 9.53 Å². The second kappa shape index (κ2) is 6.20. The zero-order chi connectivity index (χ0) is 13.8. The van der Waals surface area contributed by atoms with Crippen LogP contribution in [0.5, 0.6) is 5.75 Å². The SMILES string of the molecule is COc1ccccc1C(=O)CN1[C@H](C)CCC[C@@H]1C. The van der Waals surface area contributed by atoms with Crippen LogP contribution in [0.15, 0.2) is 24.3 Å². The van der Waals surface area contributed by atoms with Crippen molar-refractivity contribution in [2.45, 2.75) is 45.2 Å². The summed E-state index contributed by atoms with van der Waals surface area (Å²) in [6.45, 7) is 4.92. The van der Waals surface area contributed by atoms with Crippen LogP contribution in [0.4, 0.5) is 0 Å². The number of nitrogens with zero attached hydrogens (tertiary/aromatic N) is 1. The van der Waals surface area contributed by atoms with E-state index in [1.54, 1.807) is 7.11 Å². The Balaban J connectivity index is 2.11. The highest BCUT2D eigenvalue weighted by Crippen LogP contribution is 2.24. The summed E-state index contributed by atoms with van der Waals surface area (Å²) in [5, 5.41) is 0. The fraction of sp³-hybridized carbons (Fsp3) is 0.562. The summed E-state index contributed by atoms with van der Waals surface area (Å²) in [6, 6.07) is 8.45. The second-order valence-corrected chi connectivity index (χ2v) is 5.42. The molecule has 1 saturated heterocycles. The van der Waals surface area contributed by atoms with Gasteiger partial charge in [0, 0.05) is 12.1 Å². The molecule has 0 radical (unpaired) electrons. The molecule has 19 heavy (non-hydrogen) atoms. The van der Waals surface area contributed by atoms with Gasteiger partial charge in [0.05, 0.1) is 19.2 Å². The maximum atomic E-state index is 12.5. The number of hydrogen-bond donors (Lipinski definition) is 0. The molecular formula is C16H23NO2. The fourth-order valence-electron chi connectivity index (χ4n) is 2.91. The van der Waals surface area contributed by atoms with E-state index >= 15 is 0 Å². The molecule has 3 heteroatoms. The summed E-state index contributed by atoms with van der Waals surface area (Å²) in [5.74, 6) is 0.822. The smallest absolute Gasteiger partial charge is 0.180 e. The third kappa shape index (κ3) is 3.16. The van der Waals surface area contributed by atoms with Gasteiger partial charge >= 0.3 is 0 Å². The number of methoxy groups -OCH3 is 1. The van der Waals surface area contributed by atoms with Crippen LogP contribution in [0.25, 0.3) is 0 Å². The van der Waals surface area contributed by atoms with Gasteiger partial charge < -0.3 is 4.74 Å². The molecule has 0 spiro atoms. The number of ketones is 1. The van der Waals surface area contributed by atoms with E-state index in [1.165, 1.54) is 19.3 Å². The summed E-state index contributed by atoms with van der Waals surface area (Å²) in [4.78, 5) is 14.8. The molecule has 1 aliphatic heterocycles. The second-order valence-electron chi connectivity index (χ2n) is 5.42. The van der Waals surface area contributed by atoms with Crippen molar-refractivity contribution in [1.82, 2.24) is 4.90 Å². The van der Waals surface area contributed by atoms with Crippen LogP contribution in [0, 0.1) is 0 Å². The molecule has 0 saturated carbocycles. The highest BCUT2D eigenvalue weighted by Gasteiger charge is 2.27. The molecule has 3 nitrogen and oxygen atoms in total. The van der Waals surface area contributed by atoms with Crippen molar-refractivity contribution >= 4 is 5.78 Å². The van der Waals surface area contributed by atoms with Crippen molar-refractivity contribution in [2.24, 2.45) is 0 Å². The number of ether oxygens (including phenoxy) is 1. The Bertz CT molecular complexity index is 434. The molecule has 104 valence electrons. The normalized spacial score (nSPS) is 24.2. The molecule has 1 fully saturated rings. The number of para-hydroxylation sites is 1. The first-order valence-corrected chi connectivity index (χ1v) is 7.05. The van der Waals surface area contributed by atoms with Crippen LogP contribution in [0.1, 0.15) is 43.5 Å². The first kappa shape index (κ1) is 14.1. The third-order valence-corrected chi connectivity index (χ3v) is 4.11. The minimum absolute atomic E-state index is 0.151. The van der Waals surface area contributed by atoms with E-state index in [1.807, 2.05) is 24.3 Å². The van der Waals surface area contributed by atoms with E-state index in [2.05, 4.69) is 18.7 Å². The topological polar surface area (TPSA) is 29.5 Å². The van der Waals surface area contributed by atoms with Crippen LogP contribution in [-0.4, -0.2) is 36.4 Å². The summed E-state index contributed by atoms with van der Waals surface area (Å²) in [6.07, 6.45) is 3.63. The van der Waals surface area contributed by atoms with Gasteiger partial charge in [0.1, 0.15) is 5.75 Å². The molecule has 2 rings (SSSR count). The minimum atomic E-state index is 0.151. The van der Waals surface area contributed by atoms with Gasteiger partial charge in [-0.1, -0.05) is 18.6 Å². The van der Waals surface area contributed by atoms with Gasteiger partial charge in [0.25, 0.3) is 0 Å². The Morgan fingerprint density at radius 1 is 1.26 bits per heavy atom. The molecule has 0 amide bonds. The number of benzene rings is 1. The summed E-state index contributed by atoms with van der Waals surface area (Å²) < 4.78 is 5.27.